The van der Waals surface area contributed by atoms with Gasteiger partial charge in [-0.25, -0.2) is 0 Å². The van der Waals surface area contributed by atoms with Crippen molar-refractivity contribution in [3.63, 3.8) is 0 Å². The van der Waals surface area contributed by atoms with Gasteiger partial charge in [0.05, 0.1) is 0 Å². The molecule has 6 nitrogen and oxygen atoms in total. The maximum Gasteiger partial charge on any atom is 0.207 e. The zero-order valence-electron chi connectivity index (χ0n) is 33.7. The van der Waals surface area contributed by atoms with Crippen molar-refractivity contribution in [3.05, 3.63) is 237 Å². The summed E-state index contributed by atoms with van der Waals surface area (Å²) >= 11 is 0. The van der Waals surface area contributed by atoms with E-state index in [-0.39, 0.29) is 0 Å². The van der Waals surface area contributed by atoms with E-state index in [0.717, 1.165) is 71.4 Å². The summed E-state index contributed by atoms with van der Waals surface area (Å²) < 4.78 is 19.9. The van der Waals surface area contributed by atoms with Crippen LogP contribution in [0.5, 0.6) is 0 Å². The lowest BCUT2D eigenvalue weighted by molar-refractivity contribution is 0.618. The summed E-state index contributed by atoms with van der Waals surface area (Å²) in [6, 6.07) is 82.1. The van der Waals surface area contributed by atoms with Crippen LogP contribution in [-0.4, -0.2) is 18.7 Å². The van der Waals surface area contributed by atoms with Gasteiger partial charge in [0, 0.05) is 68.8 Å². The number of aromatic amines is 1. The molecule has 296 valence electrons. The Hall–Kier alpha value is -8.48. The Balaban J connectivity index is 1.21. The lowest BCUT2D eigenvalue weighted by atomic mass is 10.1. The number of nitrogens with one attached hydrogen (secondary N) is 1. The summed E-state index contributed by atoms with van der Waals surface area (Å²) in [5, 5.41) is 6.62. The van der Waals surface area contributed by atoms with Crippen LogP contribution in [0.1, 0.15) is 0 Å². The highest BCUT2D eigenvalue weighted by Crippen LogP contribution is 2.26. The number of rotatable bonds is 3. The van der Waals surface area contributed by atoms with Gasteiger partial charge >= 0.3 is 0 Å². The highest BCUT2D eigenvalue weighted by atomic mass is 16.4. The van der Waals surface area contributed by atoms with Crippen molar-refractivity contribution in [1.29, 1.82) is 0 Å². The number of hydrogen-bond donors (Lipinski definition) is 1. The minimum absolute atomic E-state index is 0.648. The first kappa shape index (κ1) is 36.6. The van der Waals surface area contributed by atoms with Crippen molar-refractivity contribution < 1.29 is 8.83 Å². The van der Waals surface area contributed by atoms with Gasteiger partial charge in [-0.1, -0.05) is 133 Å². The number of nitrogens with zero attached hydrogens (tertiary/aromatic N) is 3. The van der Waals surface area contributed by atoms with E-state index in [1.54, 1.807) is 0 Å². The molecule has 0 spiro atoms. The van der Waals surface area contributed by atoms with E-state index in [9.17, 15) is 0 Å². The summed E-state index contributed by atoms with van der Waals surface area (Å²) in [6.07, 6.45) is 0. The van der Waals surface area contributed by atoms with Crippen LogP contribution in [0.15, 0.2) is 245 Å². The lowest BCUT2D eigenvalue weighted by Crippen LogP contribution is -1.96. The summed E-state index contributed by atoms with van der Waals surface area (Å²) in [4.78, 5) is 3.58. The molecule has 12 bridgehead atoms. The van der Waals surface area contributed by atoms with Crippen LogP contribution < -0.4 is 0 Å². The molecule has 0 aliphatic carbocycles. The largest absolute Gasteiger partial charge is 0.424 e. The third kappa shape index (κ3) is 7.06. The van der Waals surface area contributed by atoms with Crippen molar-refractivity contribution in [2.45, 2.75) is 0 Å². The molecule has 0 aliphatic heterocycles. The first-order chi connectivity index (χ1) is 30.7. The van der Waals surface area contributed by atoms with Crippen molar-refractivity contribution in [1.82, 2.24) is 18.7 Å². The molecule has 0 radical (unpaired) electrons. The van der Waals surface area contributed by atoms with Crippen LogP contribution in [-0.2, 0) is 0 Å². The van der Waals surface area contributed by atoms with Crippen LogP contribution in [0.25, 0.3) is 94.3 Å². The summed E-state index contributed by atoms with van der Waals surface area (Å²) in [5.74, 6) is 0. The van der Waals surface area contributed by atoms with E-state index >= 15 is 0 Å². The SMILES string of the molecule is c1ccc(-n2c3ccc(cc3)c3ccc(cc3)n(-c3ccccc3)c3ccc(o3)n(-c3ccccc3)c3ccc(cc3)c3ccc(cc3)c3ccccc3[nH]c3ccc2o3)cc1. The Kier molecular flexibility index (Phi) is 9.41. The second kappa shape index (κ2) is 15.9. The zero-order chi connectivity index (χ0) is 41.2. The molecule has 17 aromatic rings. The highest BCUT2D eigenvalue weighted by Gasteiger charge is 2.08. The van der Waals surface area contributed by atoms with E-state index < -0.39 is 0 Å². The van der Waals surface area contributed by atoms with Gasteiger partial charge in [-0.15, -0.1) is 0 Å². The minimum atomic E-state index is 0.648. The third-order valence-electron chi connectivity index (χ3n) is 11.3. The molecule has 0 saturated carbocycles. The number of benzene rings is 8. The normalized spacial score (nSPS) is 11.2. The van der Waals surface area contributed by atoms with Gasteiger partial charge in [0.2, 0.25) is 17.1 Å². The van der Waals surface area contributed by atoms with Gasteiger partial charge < -0.3 is 13.8 Å². The molecular weight excluding hydrogens is 761 g/mol. The quantitative estimate of drug-likeness (QED) is 0.193. The van der Waals surface area contributed by atoms with Crippen molar-refractivity contribution >= 4 is 77.2 Å². The van der Waals surface area contributed by atoms with Gasteiger partial charge in [0.15, 0.2) is 5.71 Å². The average molecular weight is 801 g/mol. The molecule has 17 rings (SSSR count). The van der Waals surface area contributed by atoms with Gasteiger partial charge in [-0.05, 0) is 106 Å². The topological polar surface area (TPSA) is 56.9 Å². The molecule has 0 saturated heterocycles. The second-order valence-electron chi connectivity index (χ2n) is 15.2. The molecule has 0 atom stereocenters. The molecule has 9 heterocycles. The Morgan fingerprint density at radius 3 is 1.05 bits per heavy atom. The predicted octanol–water partition coefficient (Wildman–Crippen LogP) is 15.1. The molecule has 1 N–H and O–H groups in total. The van der Waals surface area contributed by atoms with Crippen LogP contribution in [0.4, 0.5) is 0 Å². The highest BCUT2D eigenvalue weighted by molar-refractivity contribution is 5.97. The van der Waals surface area contributed by atoms with Gasteiger partial charge in [-0.2, -0.15) is 0 Å². The summed E-state index contributed by atoms with van der Waals surface area (Å²) in [6.45, 7) is 0. The molecular formula is C56H40N4O2. The molecule has 9 aromatic heterocycles. The number of H-pyrrole nitrogens is 1. The third-order valence-corrected chi connectivity index (χ3v) is 11.3. The van der Waals surface area contributed by atoms with Crippen LogP contribution in [0, 0.1) is 0 Å². The number of furan rings is 2. The molecule has 0 amide bonds. The van der Waals surface area contributed by atoms with Crippen molar-refractivity contribution in [3.8, 4) is 17.1 Å². The Morgan fingerprint density at radius 1 is 0.274 bits per heavy atom. The maximum atomic E-state index is 6.86. The fourth-order valence-corrected chi connectivity index (χ4v) is 8.24. The summed E-state index contributed by atoms with van der Waals surface area (Å²) in [5.41, 5.74) is 9.64. The predicted molar refractivity (Wildman–Crippen MR) is 256 cm³/mol. The lowest BCUT2D eigenvalue weighted by Gasteiger charge is -2.10. The monoisotopic (exact) mass is 800 g/mol. The standard InChI is InChI=1S/C56H40N4O2/c1-4-12-45(13-5-1)58-48-30-26-42(27-31-48)43-28-34-50(35-29-43)60(47-16-8-3-9-17-47)56-39-38-55(62-56)59(46-14-6-2-7-15-46)49-32-24-41(25-33-49)40-20-22-44(23-21-40)51-18-10-11-19-52(51)57-53-36-37-54(58)61-53/h1-39,57H. The summed E-state index contributed by atoms with van der Waals surface area (Å²) in [7, 11) is 0. The van der Waals surface area contributed by atoms with Crippen LogP contribution >= 0.6 is 0 Å². The fraction of sp³-hybridized carbons (Fsp3) is 0. The van der Waals surface area contributed by atoms with E-state index in [0.29, 0.717) is 22.9 Å². The number of aromatic nitrogens is 4. The van der Waals surface area contributed by atoms with Gasteiger partial charge in [0.1, 0.15) is 0 Å². The van der Waals surface area contributed by atoms with E-state index in [2.05, 4.69) is 195 Å². The molecule has 0 aliphatic rings. The molecule has 0 unspecified atom stereocenters. The maximum absolute atomic E-state index is 6.86. The zero-order valence-corrected chi connectivity index (χ0v) is 33.7. The Morgan fingerprint density at radius 2 is 0.613 bits per heavy atom. The van der Waals surface area contributed by atoms with E-state index in [1.165, 1.54) is 0 Å². The fourth-order valence-electron chi connectivity index (χ4n) is 8.24. The molecule has 6 heteroatoms. The minimum Gasteiger partial charge on any atom is -0.424 e. The van der Waals surface area contributed by atoms with Gasteiger partial charge in [-0.3, -0.25) is 13.7 Å². The molecule has 8 aromatic carbocycles. The molecule has 0 fully saturated rings. The second-order valence-corrected chi connectivity index (χ2v) is 15.2. The van der Waals surface area contributed by atoms with Crippen LogP contribution in [0.2, 0.25) is 0 Å². The van der Waals surface area contributed by atoms with E-state index in [4.69, 9.17) is 8.83 Å². The number of para-hydroxylation sites is 4. The average Bonchev–Trinajstić information content (AvgIpc) is 4.01. The van der Waals surface area contributed by atoms with Crippen molar-refractivity contribution in [2.75, 3.05) is 0 Å². The van der Waals surface area contributed by atoms with Gasteiger partial charge in [0.25, 0.3) is 0 Å². The molecule has 62 heavy (non-hydrogen) atoms. The first-order valence-corrected chi connectivity index (χ1v) is 20.7. The Labute approximate surface area is 357 Å². The smallest absolute Gasteiger partial charge is 0.207 e. The van der Waals surface area contributed by atoms with E-state index in [1.807, 2.05) is 60.7 Å². The van der Waals surface area contributed by atoms with Crippen LogP contribution in [0.3, 0.4) is 0 Å². The first-order valence-electron chi connectivity index (χ1n) is 20.7. The Bertz CT molecular complexity index is 3610. The number of hydrogen-bond acceptors (Lipinski definition) is 2. The van der Waals surface area contributed by atoms with Crippen molar-refractivity contribution in [2.24, 2.45) is 0 Å².